The Labute approximate surface area is 116 Å². The highest BCUT2D eigenvalue weighted by atomic mass is 14.8. The third kappa shape index (κ3) is 6.60. The highest BCUT2D eigenvalue weighted by molar-refractivity contribution is 5.56. The van der Waals surface area contributed by atoms with Crippen LogP contribution in [0.4, 0.5) is 5.69 Å². The lowest BCUT2D eigenvalue weighted by molar-refractivity contribution is 0.675. The van der Waals surface area contributed by atoms with Crippen LogP contribution in [-0.4, -0.2) is 12.1 Å². The molecule has 2 nitrogen and oxygen atoms in total. The molecule has 19 heavy (non-hydrogen) atoms. The van der Waals surface area contributed by atoms with Crippen LogP contribution in [0.5, 0.6) is 0 Å². The number of hydrogen-bond acceptors (Lipinski definition) is 2. The molecule has 0 aliphatic carbocycles. The van der Waals surface area contributed by atoms with Gasteiger partial charge < -0.3 is 0 Å². The fraction of sp³-hybridized carbons (Fsp3) is 0.471. The van der Waals surface area contributed by atoms with Gasteiger partial charge in [0.1, 0.15) is 0 Å². The molecule has 0 amide bonds. The molecule has 0 fully saturated rings. The highest BCUT2D eigenvalue weighted by Gasteiger charge is 1.97. The molecule has 2 heteroatoms. The highest BCUT2D eigenvalue weighted by Crippen LogP contribution is 2.18. The van der Waals surface area contributed by atoms with Crippen LogP contribution < -0.4 is 0 Å². The van der Waals surface area contributed by atoms with Gasteiger partial charge in [-0.2, -0.15) is 4.99 Å². The van der Waals surface area contributed by atoms with Crippen LogP contribution in [0.25, 0.3) is 0 Å². The lowest BCUT2D eigenvalue weighted by Gasteiger charge is -1.99. The Morgan fingerprint density at radius 2 is 1.79 bits per heavy atom. The van der Waals surface area contributed by atoms with Crippen LogP contribution in [-0.2, 0) is 6.42 Å². The van der Waals surface area contributed by atoms with Crippen LogP contribution in [0.3, 0.4) is 0 Å². The Morgan fingerprint density at radius 3 is 2.47 bits per heavy atom. The SMILES string of the molecule is CC(C)CC#CCc1ccccc1N=C=NC(C)C. The molecular formula is C17H22N2. The van der Waals surface area contributed by atoms with Crippen LogP contribution in [0, 0.1) is 17.8 Å². The molecule has 0 heterocycles. The summed E-state index contributed by atoms with van der Waals surface area (Å²) in [7, 11) is 0. The zero-order chi connectivity index (χ0) is 14.1. The molecule has 0 aliphatic heterocycles. The fourth-order valence-corrected chi connectivity index (χ4v) is 1.40. The maximum Gasteiger partial charge on any atom is 0.0951 e. The van der Waals surface area contributed by atoms with Gasteiger partial charge in [-0.05, 0) is 31.4 Å². The van der Waals surface area contributed by atoms with Gasteiger partial charge in [-0.25, -0.2) is 4.99 Å². The molecule has 1 aromatic rings. The number of hydrogen-bond donors (Lipinski definition) is 0. The minimum atomic E-state index is 0.224. The molecule has 0 unspecified atom stereocenters. The van der Waals surface area contributed by atoms with Crippen molar-refractivity contribution in [2.45, 2.75) is 46.6 Å². The van der Waals surface area contributed by atoms with E-state index in [0.29, 0.717) is 5.92 Å². The number of benzene rings is 1. The van der Waals surface area contributed by atoms with Crippen molar-refractivity contribution in [1.82, 2.24) is 0 Å². The molecule has 0 bridgehead atoms. The van der Waals surface area contributed by atoms with Crippen LogP contribution in [0.1, 0.15) is 39.7 Å². The zero-order valence-electron chi connectivity index (χ0n) is 12.3. The number of rotatable bonds is 4. The molecule has 0 saturated heterocycles. The van der Waals surface area contributed by atoms with E-state index in [4.69, 9.17) is 0 Å². The van der Waals surface area contributed by atoms with Crippen LogP contribution in [0.2, 0.25) is 0 Å². The first-order valence-corrected chi connectivity index (χ1v) is 6.78. The molecular weight excluding hydrogens is 232 g/mol. The van der Waals surface area contributed by atoms with E-state index in [2.05, 4.69) is 47.7 Å². The molecule has 0 atom stereocenters. The van der Waals surface area contributed by atoms with Crippen molar-refractivity contribution < 1.29 is 0 Å². The predicted octanol–water partition coefficient (Wildman–Crippen LogP) is 4.49. The summed E-state index contributed by atoms with van der Waals surface area (Å²) in [6.07, 6.45) is 1.68. The standard InChI is InChI=1S/C17H22N2/c1-14(2)9-5-6-10-16-11-7-8-12-17(16)19-13-18-15(3)4/h7-8,11-12,14-15H,9-10H2,1-4H3. The van der Waals surface area contributed by atoms with E-state index < -0.39 is 0 Å². The quantitative estimate of drug-likeness (QED) is 0.558. The molecule has 0 radical (unpaired) electrons. The number of nitrogens with zero attached hydrogens (tertiary/aromatic N) is 2. The molecule has 0 saturated carbocycles. The summed E-state index contributed by atoms with van der Waals surface area (Å²) in [5.41, 5.74) is 2.04. The summed E-state index contributed by atoms with van der Waals surface area (Å²) >= 11 is 0. The average molecular weight is 254 g/mol. The van der Waals surface area contributed by atoms with Crippen LogP contribution in [0.15, 0.2) is 34.3 Å². The maximum absolute atomic E-state index is 4.28. The zero-order valence-corrected chi connectivity index (χ0v) is 12.3. The Balaban J connectivity index is 2.78. The third-order valence-corrected chi connectivity index (χ3v) is 2.39. The molecule has 0 spiro atoms. The molecule has 0 aliphatic rings. The Morgan fingerprint density at radius 1 is 1.05 bits per heavy atom. The van der Waals surface area contributed by atoms with Crippen molar-refractivity contribution in [3.63, 3.8) is 0 Å². The van der Waals surface area contributed by atoms with Crippen LogP contribution >= 0.6 is 0 Å². The Bertz CT molecular complexity index is 510. The summed E-state index contributed by atoms with van der Waals surface area (Å²) in [5, 5.41) is 0. The van der Waals surface area contributed by atoms with E-state index in [0.717, 1.165) is 24.1 Å². The second kappa shape index (κ2) is 8.29. The minimum Gasteiger partial charge on any atom is -0.223 e. The summed E-state index contributed by atoms with van der Waals surface area (Å²) in [4.78, 5) is 8.40. The van der Waals surface area contributed by atoms with Gasteiger partial charge in [-0.15, -0.1) is 5.92 Å². The predicted molar refractivity (Wildman–Crippen MR) is 82.0 cm³/mol. The Hall–Kier alpha value is -1.84. The second-order valence-corrected chi connectivity index (χ2v) is 5.19. The summed E-state index contributed by atoms with van der Waals surface area (Å²) in [6.45, 7) is 8.36. The van der Waals surface area contributed by atoms with E-state index in [1.807, 2.05) is 32.0 Å². The van der Waals surface area contributed by atoms with Crippen molar-refractivity contribution in [2.24, 2.45) is 15.9 Å². The van der Waals surface area contributed by atoms with E-state index in [1.165, 1.54) is 0 Å². The number of para-hydroxylation sites is 1. The monoisotopic (exact) mass is 254 g/mol. The average Bonchev–Trinajstić information content (AvgIpc) is 2.35. The van der Waals surface area contributed by atoms with E-state index in [-0.39, 0.29) is 6.04 Å². The molecule has 100 valence electrons. The van der Waals surface area contributed by atoms with Gasteiger partial charge in [-0.1, -0.05) is 38.0 Å². The summed E-state index contributed by atoms with van der Waals surface area (Å²) in [6, 6.07) is 11.0. The fourth-order valence-electron chi connectivity index (χ4n) is 1.40. The van der Waals surface area contributed by atoms with Gasteiger partial charge in [0.25, 0.3) is 0 Å². The van der Waals surface area contributed by atoms with Crippen molar-refractivity contribution in [3.8, 4) is 11.8 Å². The van der Waals surface area contributed by atoms with Gasteiger partial charge in [-0.3, -0.25) is 0 Å². The van der Waals surface area contributed by atoms with Gasteiger partial charge >= 0.3 is 0 Å². The summed E-state index contributed by atoms with van der Waals surface area (Å²) < 4.78 is 0. The Kier molecular flexibility index (Phi) is 6.64. The normalized spacial score (nSPS) is 9.79. The molecule has 1 aromatic carbocycles. The maximum atomic E-state index is 4.28. The first kappa shape index (κ1) is 15.2. The lowest BCUT2D eigenvalue weighted by atomic mass is 10.1. The van der Waals surface area contributed by atoms with Gasteiger partial charge in [0.05, 0.1) is 17.7 Å². The van der Waals surface area contributed by atoms with Gasteiger partial charge in [0.2, 0.25) is 0 Å². The smallest absolute Gasteiger partial charge is 0.0951 e. The first-order valence-electron chi connectivity index (χ1n) is 6.78. The van der Waals surface area contributed by atoms with Crippen molar-refractivity contribution in [3.05, 3.63) is 29.8 Å². The number of aliphatic imine (C=N–C) groups is 2. The van der Waals surface area contributed by atoms with Crippen molar-refractivity contribution >= 4 is 11.7 Å². The van der Waals surface area contributed by atoms with Gasteiger partial charge in [0.15, 0.2) is 0 Å². The van der Waals surface area contributed by atoms with E-state index in [1.54, 1.807) is 0 Å². The first-order chi connectivity index (χ1) is 9.09. The van der Waals surface area contributed by atoms with E-state index >= 15 is 0 Å². The van der Waals surface area contributed by atoms with Crippen molar-refractivity contribution in [1.29, 1.82) is 0 Å². The second-order valence-electron chi connectivity index (χ2n) is 5.19. The van der Waals surface area contributed by atoms with E-state index in [9.17, 15) is 0 Å². The van der Waals surface area contributed by atoms with Gasteiger partial charge in [0, 0.05) is 12.8 Å². The third-order valence-electron chi connectivity index (χ3n) is 2.39. The molecule has 0 N–H and O–H groups in total. The topological polar surface area (TPSA) is 24.7 Å². The molecule has 1 rings (SSSR count). The summed E-state index contributed by atoms with van der Waals surface area (Å²) in [5.74, 6) is 7.03. The van der Waals surface area contributed by atoms with Crippen molar-refractivity contribution in [2.75, 3.05) is 0 Å². The largest absolute Gasteiger partial charge is 0.223 e. The lowest BCUT2D eigenvalue weighted by Crippen LogP contribution is -1.86. The molecule has 0 aromatic heterocycles. The minimum absolute atomic E-state index is 0.224.